The van der Waals surface area contributed by atoms with Gasteiger partial charge in [-0.15, -0.1) is 0 Å². The van der Waals surface area contributed by atoms with Gasteiger partial charge >= 0.3 is 6.18 Å². The molecule has 0 aliphatic heterocycles. The highest BCUT2D eigenvalue weighted by atomic mass is 19.4. The summed E-state index contributed by atoms with van der Waals surface area (Å²) < 4.78 is 83.0. The minimum absolute atomic E-state index is 0.155. The number of ether oxygens (including phenoxy) is 1. The molecule has 2 atom stereocenters. The lowest BCUT2D eigenvalue weighted by atomic mass is 9.91. The summed E-state index contributed by atoms with van der Waals surface area (Å²) in [6.45, 7) is 0. The highest BCUT2D eigenvalue weighted by Gasteiger charge is 2.49. The largest absolute Gasteiger partial charge is 0.488 e. The number of aromatic nitrogens is 1. The molecular weight excluding hydrogens is 316 g/mol. The van der Waals surface area contributed by atoms with Gasteiger partial charge < -0.3 is 9.84 Å². The van der Waals surface area contributed by atoms with E-state index in [0.29, 0.717) is 0 Å². The van der Waals surface area contributed by atoms with Gasteiger partial charge in [0, 0.05) is 30.4 Å². The Kier molecular flexibility index (Phi) is 3.32. The minimum atomic E-state index is -4.85. The first-order valence-electron chi connectivity index (χ1n) is 6.54. The van der Waals surface area contributed by atoms with E-state index in [-0.39, 0.29) is 11.3 Å². The van der Waals surface area contributed by atoms with Crippen LogP contribution in [0.1, 0.15) is 35.8 Å². The third-order valence-electron chi connectivity index (χ3n) is 3.84. The second-order valence-electron chi connectivity index (χ2n) is 5.53. The second-order valence-corrected chi connectivity index (χ2v) is 5.53. The van der Waals surface area contributed by atoms with Crippen molar-refractivity contribution in [2.75, 3.05) is 0 Å². The van der Waals surface area contributed by atoms with Gasteiger partial charge in [-0.25, -0.2) is 18.2 Å². The molecule has 0 amide bonds. The van der Waals surface area contributed by atoms with E-state index >= 15 is 0 Å². The average molecular weight is 327 g/mol. The lowest BCUT2D eigenvalue weighted by molar-refractivity contribution is -0.143. The van der Waals surface area contributed by atoms with E-state index in [9.17, 15) is 31.4 Å². The fourth-order valence-electron chi connectivity index (χ4n) is 2.76. The number of nitrogens with zero attached hydrogens (tertiary/aromatic N) is 1. The first kappa shape index (κ1) is 15.4. The van der Waals surface area contributed by atoms with Crippen LogP contribution < -0.4 is 4.74 Å². The lowest BCUT2D eigenvalue weighted by Crippen LogP contribution is -2.43. The number of aliphatic hydroxyl groups excluding tert-OH is 1. The number of alkyl halides is 6. The van der Waals surface area contributed by atoms with Crippen LogP contribution >= 0.6 is 0 Å². The topological polar surface area (TPSA) is 42.4 Å². The average Bonchev–Trinajstić information content (AvgIpc) is 2.63. The van der Waals surface area contributed by atoms with Crippen LogP contribution in [0.3, 0.4) is 0 Å². The van der Waals surface area contributed by atoms with Gasteiger partial charge in [0.25, 0.3) is 5.92 Å². The summed E-state index contributed by atoms with van der Waals surface area (Å²) in [6.07, 6.45) is -10.4. The van der Waals surface area contributed by atoms with Crippen LogP contribution in [0.4, 0.5) is 26.3 Å². The van der Waals surface area contributed by atoms with Crippen molar-refractivity contribution >= 4 is 0 Å². The summed E-state index contributed by atoms with van der Waals surface area (Å²) >= 11 is 0. The second kappa shape index (κ2) is 4.74. The fourth-order valence-corrected chi connectivity index (χ4v) is 2.76. The summed E-state index contributed by atoms with van der Waals surface area (Å²) in [5.74, 6) is -3.03. The molecule has 3 nitrogen and oxygen atoms in total. The summed E-state index contributed by atoms with van der Waals surface area (Å²) in [5.41, 5.74) is -2.19. The summed E-state index contributed by atoms with van der Waals surface area (Å²) in [5, 5.41) is 9.62. The number of aliphatic hydroxyl groups is 1. The predicted molar refractivity (Wildman–Crippen MR) is 61.4 cm³/mol. The van der Waals surface area contributed by atoms with Gasteiger partial charge in [0.2, 0.25) is 0 Å². The molecule has 0 aromatic carbocycles. The minimum Gasteiger partial charge on any atom is -0.488 e. The molecule has 122 valence electrons. The van der Waals surface area contributed by atoms with Crippen molar-refractivity contribution in [2.24, 2.45) is 0 Å². The molecule has 3 rings (SSSR count). The van der Waals surface area contributed by atoms with Crippen LogP contribution in [0.2, 0.25) is 0 Å². The molecule has 1 heterocycles. The van der Waals surface area contributed by atoms with Crippen molar-refractivity contribution in [1.82, 2.24) is 4.98 Å². The number of halogens is 6. The zero-order valence-corrected chi connectivity index (χ0v) is 11.0. The monoisotopic (exact) mass is 327 g/mol. The number of hydrogen-bond acceptors (Lipinski definition) is 3. The molecule has 22 heavy (non-hydrogen) atoms. The quantitative estimate of drug-likeness (QED) is 0.848. The Morgan fingerprint density at radius 2 is 1.91 bits per heavy atom. The Morgan fingerprint density at radius 1 is 1.27 bits per heavy atom. The molecule has 1 aromatic heterocycles. The molecule has 0 saturated heterocycles. The van der Waals surface area contributed by atoms with E-state index in [0.717, 1.165) is 6.20 Å². The first-order chi connectivity index (χ1) is 10.1. The molecule has 2 aliphatic carbocycles. The lowest BCUT2D eigenvalue weighted by Gasteiger charge is -2.35. The van der Waals surface area contributed by atoms with Crippen LogP contribution in [-0.4, -0.2) is 28.3 Å². The van der Waals surface area contributed by atoms with Crippen LogP contribution in [-0.2, 0) is 12.6 Å². The Morgan fingerprint density at radius 3 is 2.45 bits per heavy atom. The molecule has 1 N–H and O–H groups in total. The molecule has 1 aromatic rings. The third kappa shape index (κ3) is 2.51. The molecule has 1 fully saturated rings. The van der Waals surface area contributed by atoms with Crippen LogP contribution in [0.15, 0.2) is 6.20 Å². The third-order valence-corrected chi connectivity index (χ3v) is 3.84. The van der Waals surface area contributed by atoms with Crippen molar-refractivity contribution in [3.8, 4) is 5.75 Å². The van der Waals surface area contributed by atoms with Gasteiger partial charge in [0.1, 0.15) is 24.1 Å². The standard InChI is InChI=1S/C13H11F6NO2/c14-7-1-6-8(22-5-2-12(15,16)3-5)4-20-11(13(17,18)19)9(6)10(7)21/h4-5,7,10,21H,1-3H2. The van der Waals surface area contributed by atoms with E-state index in [4.69, 9.17) is 4.74 Å². The molecule has 0 spiro atoms. The molecule has 2 aliphatic rings. The zero-order valence-electron chi connectivity index (χ0n) is 11.0. The maximum atomic E-state index is 13.6. The maximum Gasteiger partial charge on any atom is 0.433 e. The van der Waals surface area contributed by atoms with Crippen molar-refractivity contribution in [2.45, 2.75) is 49.7 Å². The van der Waals surface area contributed by atoms with Crippen molar-refractivity contribution in [3.63, 3.8) is 0 Å². The Labute approximate surface area is 120 Å². The molecule has 0 radical (unpaired) electrons. The van der Waals surface area contributed by atoms with Crippen LogP contribution in [0.25, 0.3) is 0 Å². The normalized spacial score (nSPS) is 27.4. The number of hydrogen-bond donors (Lipinski definition) is 1. The van der Waals surface area contributed by atoms with Gasteiger partial charge in [0.15, 0.2) is 5.69 Å². The highest BCUT2D eigenvalue weighted by Crippen LogP contribution is 2.46. The van der Waals surface area contributed by atoms with E-state index in [1.807, 2.05) is 0 Å². The van der Waals surface area contributed by atoms with Crippen LogP contribution in [0, 0.1) is 0 Å². The summed E-state index contributed by atoms with van der Waals surface area (Å²) in [6, 6.07) is 0. The molecule has 1 saturated carbocycles. The zero-order chi connectivity index (χ0) is 16.3. The summed E-state index contributed by atoms with van der Waals surface area (Å²) in [4.78, 5) is 3.19. The van der Waals surface area contributed by atoms with Crippen molar-refractivity contribution < 1.29 is 36.2 Å². The van der Waals surface area contributed by atoms with E-state index in [2.05, 4.69) is 4.98 Å². The van der Waals surface area contributed by atoms with Gasteiger partial charge in [-0.1, -0.05) is 0 Å². The number of rotatable bonds is 2. The van der Waals surface area contributed by atoms with E-state index in [1.54, 1.807) is 0 Å². The molecule has 0 bridgehead atoms. The molecule has 9 heteroatoms. The van der Waals surface area contributed by atoms with Gasteiger partial charge in [-0.05, 0) is 0 Å². The van der Waals surface area contributed by atoms with Crippen LogP contribution in [0.5, 0.6) is 5.75 Å². The summed E-state index contributed by atoms with van der Waals surface area (Å²) in [7, 11) is 0. The Bertz CT molecular complexity index is 595. The number of pyridine rings is 1. The predicted octanol–water partition coefficient (Wildman–Crippen LogP) is 3.20. The molecular formula is C13H11F6NO2. The SMILES string of the molecule is OC1c2c(C(F)(F)F)ncc(OC3CC(F)(F)C3)c2CC1F. The van der Waals surface area contributed by atoms with E-state index < -0.39 is 61.0 Å². The van der Waals surface area contributed by atoms with Gasteiger partial charge in [-0.3, -0.25) is 0 Å². The fraction of sp³-hybridized carbons (Fsp3) is 0.615. The Hall–Kier alpha value is -1.51. The van der Waals surface area contributed by atoms with Crippen molar-refractivity contribution in [3.05, 3.63) is 23.0 Å². The first-order valence-corrected chi connectivity index (χ1v) is 6.54. The van der Waals surface area contributed by atoms with Gasteiger partial charge in [0.05, 0.1) is 6.20 Å². The highest BCUT2D eigenvalue weighted by molar-refractivity contribution is 5.47. The van der Waals surface area contributed by atoms with E-state index in [1.165, 1.54) is 0 Å². The van der Waals surface area contributed by atoms with Gasteiger partial charge in [-0.2, -0.15) is 13.2 Å². The molecule has 2 unspecified atom stereocenters. The number of fused-ring (bicyclic) bond motifs is 1. The Balaban J connectivity index is 1.94. The smallest absolute Gasteiger partial charge is 0.433 e. The van der Waals surface area contributed by atoms with Crippen molar-refractivity contribution in [1.29, 1.82) is 0 Å². The maximum absolute atomic E-state index is 13.6.